The van der Waals surface area contributed by atoms with Gasteiger partial charge in [-0.05, 0) is 67.6 Å². The number of rotatable bonds is 5. The first-order valence-corrected chi connectivity index (χ1v) is 12.6. The van der Waals surface area contributed by atoms with Crippen LogP contribution < -0.4 is 10.2 Å². The summed E-state index contributed by atoms with van der Waals surface area (Å²) in [7, 11) is -3.77. The molecule has 9 heteroatoms. The Morgan fingerprint density at radius 1 is 1.15 bits per heavy atom. The fourth-order valence-corrected chi connectivity index (χ4v) is 6.28. The second kappa shape index (κ2) is 9.23. The molecule has 1 N–H and O–H groups in total. The van der Waals surface area contributed by atoms with Crippen LogP contribution in [0.5, 0.6) is 0 Å². The van der Waals surface area contributed by atoms with Crippen LogP contribution in [0.25, 0.3) is 0 Å². The average Bonchev–Trinajstić information content (AvgIpc) is 3.13. The molecule has 0 saturated carbocycles. The molecule has 176 valence electrons. The molecule has 1 saturated heterocycles. The minimum atomic E-state index is -3.77. The Bertz CT molecular complexity index is 1170. The largest absolute Gasteiger partial charge is 0.352 e. The van der Waals surface area contributed by atoms with Crippen LogP contribution in [0, 0.1) is 11.7 Å². The SMILES string of the molecule is CC(=O)N1c2ccc(S(=O)(=O)N3CCC[C@@H](C(=O)NCc4ccc(F)cc4)C3)cc2C[C@@H]1C. The summed E-state index contributed by atoms with van der Waals surface area (Å²) in [6.45, 7) is 4.18. The van der Waals surface area contributed by atoms with Gasteiger partial charge in [-0.2, -0.15) is 4.31 Å². The van der Waals surface area contributed by atoms with E-state index in [2.05, 4.69) is 5.32 Å². The molecule has 2 aromatic rings. The van der Waals surface area contributed by atoms with Gasteiger partial charge in [-0.3, -0.25) is 9.59 Å². The van der Waals surface area contributed by atoms with Gasteiger partial charge in [-0.25, -0.2) is 12.8 Å². The molecule has 2 aliphatic rings. The number of piperidine rings is 1. The number of carbonyl (C=O) groups is 2. The molecule has 2 heterocycles. The number of fused-ring (bicyclic) bond motifs is 1. The second-order valence-electron chi connectivity index (χ2n) is 8.78. The number of hydrogen-bond donors (Lipinski definition) is 1. The van der Waals surface area contributed by atoms with Crippen LogP contribution in [-0.4, -0.2) is 43.7 Å². The van der Waals surface area contributed by atoms with Crippen molar-refractivity contribution in [2.45, 2.75) is 50.6 Å². The van der Waals surface area contributed by atoms with Gasteiger partial charge in [0.1, 0.15) is 5.82 Å². The van der Waals surface area contributed by atoms with Gasteiger partial charge in [-0.1, -0.05) is 12.1 Å². The second-order valence-corrected chi connectivity index (χ2v) is 10.7. The molecule has 7 nitrogen and oxygen atoms in total. The molecular formula is C24H28FN3O4S. The van der Waals surface area contributed by atoms with Gasteiger partial charge in [0.2, 0.25) is 21.8 Å². The highest BCUT2D eigenvalue weighted by Gasteiger charge is 2.35. The van der Waals surface area contributed by atoms with Gasteiger partial charge < -0.3 is 10.2 Å². The van der Waals surface area contributed by atoms with E-state index in [0.29, 0.717) is 25.8 Å². The molecule has 1 fully saturated rings. The zero-order valence-electron chi connectivity index (χ0n) is 18.8. The molecule has 0 bridgehead atoms. The number of nitrogens with one attached hydrogen (secondary N) is 1. The van der Waals surface area contributed by atoms with Crippen LogP contribution in [0.3, 0.4) is 0 Å². The van der Waals surface area contributed by atoms with Crippen molar-refractivity contribution in [1.29, 1.82) is 0 Å². The maximum absolute atomic E-state index is 13.3. The average molecular weight is 474 g/mol. The van der Waals surface area contributed by atoms with Gasteiger partial charge in [-0.15, -0.1) is 0 Å². The number of nitrogens with zero attached hydrogens (tertiary/aromatic N) is 2. The summed E-state index contributed by atoms with van der Waals surface area (Å²) in [5.74, 6) is -1.06. The van der Waals surface area contributed by atoms with Crippen molar-refractivity contribution >= 4 is 27.5 Å². The molecule has 2 aromatic carbocycles. The van der Waals surface area contributed by atoms with E-state index >= 15 is 0 Å². The third kappa shape index (κ3) is 4.79. The highest BCUT2D eigenvalue weighted by atomic mass is 32.2. The number of amides is 2. The van der Waals surface area contributed by atoms with Crippen molar-refractivity contribution in [3.05, 3.63) is 59.4 Å². The summed E-state index contributed by atoms with van der Waals surface area (Å²) >= 11 is 0. The molecule has 0 aliphatic carbocycles. The fraction of sp³-hybridized carbons (Fsp3) is 0.417. The molecule has 0 aromatic heterocycles. The lowest BCUT2D eigenvalue weighted by atomic mass is 9.99. The molecule has 4 rings (SSSR count). The molecule has 2 atom stereocenters. The first-order chi connectivity index (χ1) is 15.7. The van der Waals surface area contributed by atoms with E-state index in [1.807, 2.05) is 6.92 Å². The topological polar surface area (TPSA) is 86.8 Å². The van der Waals surface area contributed by atoms with Gasteiger partial charge in [0.05, 0.1) is 10.8 Å². The summed E-state index contributed by atoms with van der Waals surface area (Å²) in [4.78, 5) is 26.5. The van der Waals surface area contributed by atoms with E-state index in [9.17, 15) is 22.4 Å². The van der Waals surface area contributed by atoms with Crippen LogP contribution >= 0.6 is 0 Å². The van der Waals surface area contributed by atoms with Crippen molar-refractivity contribution in [3.63, 3.8) is 0 Å². The highest BCUT2D eigenvalue weighted by Crippen LogP contribution is 2.35. The van der Waals surface area contributed by atoms with Crippen molar-refractivity contribution in [1.82, 2.24) is 9.62 Å². The summed E-state index contributed by atoms with van der Waals surface area (Å²) in [5.41, 5.74) is 2.37. The Morgan fingerprint density at radius 3 is 2.58 bits per heavy atom. The van der Waals surface area contributed by atoms with Crippen molar-refractivity contribution in [2.24, 2.45) is 5.92 Å². The first-order valence-electron chi connectivity index (χ1n) is 11.1. The van der Waals surface area contributed by atoms with Gasteiger partial charge in [0.15, 0.2) is 0 Å². The number of hydrogen-bond acceptors (Lipinski definition) is 4. The van der Waals surface area contributed by atoms with E-state index in [-0.39, 0.29) is 41.7 Å². The number of benzene rings is 2. The number of carbonyl (C=O) groups excluding carboxylic acids is 2. The predicted molar refractivity (Wildman–Crippen MR) is 122 cm³/mol. The maximum atomic E-state index is 13.3. The Balaban J connectivity index is 1.45. The van der Waals surface area contributed by atoms with Crippen LogP contribution in [0.4, 0.5) is 10.1 Å². The number of anilines is 1. The minimum absolute atomic E-state index is 0.0142. The molecule has 0 spiro atoms. The lowest BCUT2D eigenvalue weighted by molar-refractivity contribution is -0.126. The summed E-state index contributed by atoms with van der Waals surface area (Å²) in [5, 5.41) is 2.83. The first kappa shape index (κ1) is 23.4. The lowest BCUT2D eigenvalue weighted by Crippen LogP contribution is -2.45. The lowest BCUT2D eigenvalue weighted by Gasteiger charge is -2.31. The number of halogens is 1. The Morgan fingerprint density at radius 2 is 1.88 bits per heavy atom. The van der Waals surface area contributed by atoms with E-state index in [1.165, 1.54) is 23.4 Å². The monoisotopic (exact) mass is 473 g/mol. The van der Waals surface area contributed by atoms with E-state index in [4.69, 9.17) is 0 Å². The maximum Gasteiger partial charge on any atom is 0.243 e. The van der Waals surface area contributed by atoms with Gasteiger partial charge in [0.25, 0.3) is 0 Å². The van der Waals surface area contributed by atoms with Crippen LogP contribution in [0.1, 0.15) is 37.8 Å². The Hall–Kier alpha value is -2.78. The molecule has 33 heavy (non-hydrogen) atoms. The Labute approximate surface area is 193 Å². The zero-order valence-corrected chi connectivity index (χ0v) is 19.6. The smallest absolute Gasteiger partial charge is 0.243 e. The molecule has 0 radical (unpaired) electrons. The van der Waals surface area contributed by atoms with Gasteiger partial charge >= 0.3 is 0 Å². The molecule has 2 aliphatic heterocycles. The molecule has 2 amide bonds. The molecular weight excluding hydrogens is 445 g/mol. The van der Waals surface area contributed by atoms with Gasteiger partial charge in [0, 0.05) is 38.3 Å². The Kier molecular flexibility index (Phi) is 6.54. The predicted octanol–water partition coefficient (Wildman–Crippen LogP) is 2.84. The third-order valence-corrected chi connectivity index (χ3v) is 8.24. The van der Waals surface area contributed by atoms with E-state index in [1.54, 1.807) is 35.2 Å². The number of sulfonamides is 1. The van der Waals surface area contributed by atoms with Crippen molar-refractivity contribution < 1.29 is 22.4 Å². The summed E-state index contributed by atoms with van der Waals surface area (Å²) in [6, 6.07) is 10.8. The quantitative estimate of drug-likeness (QED) is 0.724. The fourth-order valence-electron chi connectivity index (χ4n) is 4.71. The van der Waals surface area contributed by atoms with Crippen LogP contribution in [0.2, 0.25) is 0 Å². The summed E-state index contributed by atoms with van der Waals surface area (Å²) in [6.07, 6.45) is 1.80. The zero-order chi connectivity index (χ0) is 23.8. The van der Waals surface area contributed by atoms with Crippen LogP contribution in [-0.2, 0) is 32.6 Å². The normalized spacial score (nSPS) is 21.0. The third-order valence-electron chi connectivity index (χ3n) is 6.38. The molecule has 0 unspecified atom stereocenters. The van der Waals surface area contributed by atoms with Crippen LogP contribution in [0.15, 0.2) is 47.4 Å². The van der Waals surface area contributed by atoms with E-state index < -0.39 is 15.9 Å². The van der Waals surface area contributed by atoms with Crippen molar-refractivity contribution in [2.75, 3.05) is 18.0 Å². The van der Waals surface area contributed by atoms with Crippen molar-refractivity contribution in [3.8, 4) is 0 Å². The standard InChI is InChI=1S/C24H28FN3O4S/c1-16-12-20-13-22(9-10-23(20)28(16)17(2)29)33(31,32)27-11-3-4-19(15-27)24(30)26-14-18-5-7-21(25)8-6-18/h5-10,13,16,19H,3-4,11-12,14-15H2,1-2H3,(H,26,30)/t16-,19+/m0/s1. The highest BCUT2D eigenvalue weighted by molar-refractivity contribution is 7.89. The minimum Gasteiger partial charge on any atom is -0.352 e. The summed E-state index contributed by atoms with van der Waals surface area (Å²) < 4.78 is 41.1. The van der Waals surface area contributed by atoms with E-state index in [0.717, 1.165) is 16.8 Å².